The molecule has 0 saturated carbocycles. The summed E-state index contributed by atoms with van der Waals surface area (Å²) in [6.45, 7) is 13.6. The molecule has 0 aromatic carbocycles. The van der Waals surface area contributed by atoms with Crippen LogP contribution in [-0.2, 0) is 0 Å². The minimum atomic E-state index is -3.16. The van der Waals surface area contributed by atoms with Gasteiger partial charge in [-0.3, -0.25) is 0 Å². The first-order chi connectivity index (χ1) is 15.0. The van der Waals surface area contributed by atoms with E-state index < -0.39 is 11.9 Å². The third kappa shape index (κ3) is 2.45. The van der Waals surface area contributed by atoms with Crippen LogP contribution in [0, 0.1) is 35.5 Å². The van der Waals surface area contributed by atoms with Gasteiger partial charge in [0.05, 0.1) is 0 Å². The van der Waals surface area contributed by atoms with Gasteiger partial charge in [-0.25, -0.2) is 0 Å². The van der Waals surface area contributed by atoms with Gasteiger partial charge in [-0.1, -0.05) is 0 Å². The first kappa shape index (κ1) is 22.6. The van der Waals surface area contributed by atoms with Gasteiger partial charge in [0.2, 0.25) is 0 Å². The first-order valence-corrected chi connectivity index (χ1v) is 17.7. The van der Waals surface area contributed by atoms with Crippen molar-refractivity contribution in [3.63, 3.8) is 0 Å². The van der Waals surface area contributed by atoms with Crippen molar-refractivity contribution in [3.05, 3.63) is 62.0 Å². The summed E-state index contributed by atoms with van der Waals surface area (Å²) in [5.74, 6) is 2.06. The predicted octanol–water partition coefficient (Wildman–Crippen LogP) is 9.23. The molecule has 172 valence electrons. The van der Waals surface area contributed by atoms with E-state index in [1.165, 1.54) is 46.9 Å². The van der Waals surface area contributed by atoms with Crippen molar-refractivity contribution in [2.24, 2.45) is 35.5 Å². The summed E-state index contributed by atoms with van der Waals surface area (Å²) in [7, 11) is 8.23. The second-order valence-corrected chi connectivity index (χ2v) is 19.4. The zero-order valence-corrected chi connectivity index (χ0v) is 24.2. The standard InChI is InChI=1S/C27H30Cl4Se/c1-10-13(4)19-7-16(10)22(28)25(19)32(31,26-20-8-17(23(26)29)11(2)14(20)5)27-21-9-18(24(27)30)12(3)15(21)6/h16-21H,7-9H2,1-6H3. The molecular weight excluding hydrogens is 545 g/mol. The van der Waals surface area contributed by atoms with E-state index in [9.17, 15) is 0 Å². The Labute approximate surface area is 213 Å². The van der Waals surface area contributed by atoms with Gasteiger partial charge in [0, 0.05) is 0 Å². The summed E-state index contributed by atoms with van der Waals surface area (Å²) in [5.41, 5.74) is 8.76. The van der Waals surface area contributed by atoms with Crippen LogP contribution in [0.4, 0.5) is 0 Å². The molecule has 0 fully saturated rings. The molecule has 6 unspecified atom stereocenters. The Morgan fingerprint density at radius 2 is 0.688 bits per heavy atom. The molecule has 32 heavy (non-hydrogen) atoms. The molecule has 0 heterocycles. The van der Waals surface area contributed by atoms with Crippen molar-refractivity contribution in [2.45, 2.75) is 60.8 Å². The number of halogens is 4. The molecule has 0 nitrogen and oxygen atoms in total. The topological polar surface area (TPSA) is 0 Å². The van der Waals surface area contributed by atoms with Gasteiger partial charge in [-0.15, -0.1) is 0 Å². The maximum atomic E-state index is 8.23. The Morgan fingerprint density at radius 1 is 0.469 bits per heavy atom. The number of fused-ring (bicyclic) bond motifs is 6. The Bertz CT molecular complexity index is 1040. The van der Waals surface area contributed by atoms with Gasteiger partial charge >= 0.3 is 215 Å². The van der Waals surface area contributed by atoms with E-state index in [2.05, 4.69) is 41.5 Å². The third-order valence-corrected chi connectivity index (χ3v) is 21.6. The molecular formula is C27H30Cl4Se. The SMILES string of the molecule is CC1=C(C)C2CC1C(Cl)=C2[Se](Cl)(C1=C(Cl)C2CC1C(C)=C2C)C1=C(Cl)C2CC1C(C)=C2C. The Morgan fingerprint density at radius 3 is 0.906 bits per heavy atom. The Kier molecular flexibility index (Phi) is 5.00. The van der Waals surface area contributed by atoms with E-state index in [0.29, 0.717) is 35.5 Å². The number of hydrogen-bond acceptors (Lipinski definition) is 0. The van der Waals surface area contributed by atoms with E-state index in [4.69, 9.17) is 44.9 Å². The van der Waals surface area contributed by atoms with Gasteiger partial charge in [0.25, 0.3) is 0 Å². The fourth-order valence-corrected chi connectivity index (χ4v) is 22.4. The second-order valence-electron chi connectivity index (χ2n) is 10.8. The van der Waals surface area contributed by atoms with E-state index in [0.717, 1.165) is 34.4 Å². The van der Waals surface area contributed by atoms with Crippen molar-refractivity contribution in [1.29, 1.82) is 0 Å². The molecule has 0 aromatic rings. The van der Waals surface area contributed by atoms with Crippen LogP contribution in [0.1, 0.15) is 60.8 Å². The second kappa shape index (κ2) is 7.09. The van der Waals surface area contributed by atoms with E-state index in [1.807, 2.05) is 0 Å². The summed E-state index contributed by atoms with van der Waals surface area (Å²) in [6, 6.07) is 0. The molecule has 0 saturated heterocycles. The molecule has 6 atom stereocenters. The Balaban J connectivity index is 1.61. The van der Waals surface area contributed by atoms with E-state index in [-0.39, 0.29) is 0 Å². The molecule has 6 aliphatic carbocycles. The molecule has 0 aromatic heterocycles. The number of hydrogen-bond donors (Lipinski definition) is 0. The summed E-state index contributed by atoms with van der Waals surface area (Å²) < 4.78 is 4.03. The Hall–Kier alpha value is 0.119. The van der Waals surface area contributed by atoms with E-state index >= 15 is 0 Å². The molecule has 0 spiro atoms. The normalized spacial score (nSPS) is 40.9. The number of rotatable bonds is 3. The van der Waals surface area contributed by atoms with E-state index in [1.54, 1.807) is 0 Å². The van der Waals surface area contributed by atoms with Crippen LogP contribution in [0.25, 0.3) is 0 Å². The molecule has 5 heteroatoms. The fourth-order valence-electron chi connectivity index (χ4n) is 7.57. The zero-order chi connectivity index (χ0) is 23.0. The van der Waals surface area contributed by atoms with Crippen molar-refractivity contribution in [3.8, 4) is 0 Å². The van der Waals surface area contributed by atoms with Crippen LogP contribution in [-0.4, -0.2) is 11.9 Å². The first-order valence-electron chi connectivity index (χ1n) is 11.7. The van der Waals surface area contributed by atoms with Crippen molar-refractivity contribution < 1.29 is 0 Å². The van der Waals surface area contributed by atoms with Crippen molar-refractivity contribution in [1.82, 2.24) is 0 Å². The molecule has 6 aliphatic rings. The van der Waals surface area contributed by atoms with Gasteiger partial charge in [-0.05, 0) is 0 Å². The summed E-state index contributed by atoms with van der Waals surface area (Å²) >= 11 is 18.6. The van der Waals surface area contributed by atoms with Crippen LogP contribution in [0.3, 0.4) is 0 Å². The minimum absolute atomic E-state index is 0.333. The molecule has 0 aliphatic heterocycles. The maximum absolute atomic E-state index is 8.23. The van der Waals surface area contributed by atoms with Gasteiger partial charge in [-0.2, -0.15) is 0 Å². The summed E-state index contributed by atoms with van der Waals surface area (Å²) in [5, 5.41) is 3.05. The van der Waals surface area contributed by atoms with Crippen LogP contribution in [0.15, 0.2) is 62.0 Å². The quantitative estimate of drug-likeness (QED) is 0.233. The third-order valence-electron chi connectivity index (χ3n) is 9.90. The van der Waals surface area contributed by atoms with Crippen LogP contribution in [0.5, 0.6) is 0 Å². The molecule has 6 bridgehead atoms. The van der Waals surface area contributed by atoms with Crippen molar-refractivity contribution in [2.75, 3.05) is 0 Å². The van der Waals surface area contributed by atoms with Crippen LogP contribution in [0.2, 0.25) is 0 Å². The molecule has 6 rings (SSSR count). The predicted molar refractivity (Wildman–Crippen MR) is 140 cm³/mol. The molecule has 0 radical (unpaired) electrons. The summed E-state index contributed by atoms with van der Waals surface area (Å²) in [6.07, 6.45) is 3.24. The summed E-state index contributed by atoms with van der Waals surface area (Å²) in [4.78, 5) is 0. The average molecular weight is 575 g/mol. The van der Waals surface area contributed by atoms with Gasteiger partial charge < -0.3 is 0 Å². The van der Waals surface area contributed by atoms with Crippen molar-refractivity contribution >= 4 is 56.8 Å². The van der Waals surface area contributed by atoms with Gasteiger partial charge in [0.1, 0.15) is 0 Å². The average Bonchev–Trinajstić information content (AvgIpc) is 3.54. The van der Waals surface area contributed by atoms with Gasteiger partial charge in [0.15, 0.2) is 0 Å². The monoisotopic (exact) mass is 574 g/mol. The molecule has 0 amide bonds. The molecule has 0 N–H and O–H groups in total. The van der Waals surface area contributed by atoms with Crippen LogP contribution < -0.4 is 0 Å². The number of allylic oxidation sites excluding steroid dienone is 12. The van der Waals surface area contributed by atoms with Crippen LogP contribution >= 0.6 is 44.9 Å². The fraction of sp³-hybridized carbons (Fsp3) is 0.556. The zero-order valence-electron chi connectivity index (χ0n) is 19.5.